The number of aliphatic hydroxyl groups excluding tert-OH is 1. The molecule has 2 nitrogen and oxygen atoms in total. The van der Waals surface area contributed by atoms with Crippen LogP contribution in [0.15, 0.2) is 18.2 Å². The van der Waals surface area contributed by atoms with Gasteiger partial charge < -0.3 is 10.4 Å². The van der Waals surface area contributed by atoms with Crippen LogP contribution in [-0.2, 0) is 6.67 Å². The van der Waals surface area contributed by atoms with E-state index in [0.29, 0.717) is 5.56 Å². The van der Waals surface area contributed by atoms with Gasteiger partial charge in [-0.3, -0.25) is 0 Å². The van der Waals surface area contributed by atoms with Crippen LogP contribution in [0.4, 0.5) is 8.78 Å². The van der Waals surface area contributed by atoms with Crippen LogP contribution >= 0.6 is 0 Å². The molecule has 14 heavy (non-hydrogen) atoms. The van der Waals surface area contributed by atoms with Crippen molar-refractivity contribution in [1.82, 2.24) is 5.32 Å². The van der Waals surface area contributed by atoms with Crippen LogP contribution in [-0.4, -0.2) is 18.7 Å². The smallest absolute Gasteiger partial charge is 0.129 e. The van der Waals surface area contributed by atoms with E-state index in [0.717, 1.165) is 0 Å². The highest BCUT2D eigenvalue weighted by atomic mass is 19.1. The van der Waals surface area contributed by atoms with Gasteiger partial charge in [-0.1, -0.05) is 12.1 Å². The molecular weight excluding hydrogens is 188 g/mol. The minimum Gasteiger partial charge on any atom is -0.387 e. The molecule has 0 heterocycles. The molecule has 0 aliphatic rings. The van der Waals surface area contributed by atoms with Crippen molar-refractivity contribution in [3.05, 3.63) is 35.1 Å². The minimum atomic E-state index is -0.900. The van der Waals surface area contributed by atoms with E-state index in [1.54, 1.807) is 7.05 Å². The molecule has 2 N–H and O–H groups in total. The zero-order valence-electron chi connectivity index (χ0n) is 7.93. The first-order valence-corrected chi connectivity index (χ1v) is 4.36. The molecule has 0 saturated carbocycles. The van der Waals surface area contributed by atoms with Crippen molar-refractivity contribution in [1.29, 1.82) is 0 Å². The molecule has 0 bridgehead atoms. The molecule has 1 rings (SSSR count). The molecule has 0 radical (unpaired) electrons. The van der Waals surface area contributed by atoms with Gasteiger partial charge in [-0.2, -0.15) is 0 Å². The lowest BCUT2D eigenvalue weighted by atomic mass is 10.0. The van der Waals surface area contributed by atoms with E-state index in [1.165, 1.54) is 18.2 Å². The lowest BCUT2D eigenvalue weighted by molar-refractivity contribution is 0.175. The van der Waals surface area contributed by atoms with E-state index in [-0.39, 0.29) is 12.1 Å². The highest BCUT2D eigenvalue weighted by Gasteiger charge is 2.14. The quantitative estimate of drug-likeness (QED) is 0.774. The topological polar surface area (TPSA) is 32.3 Å². The molecule has 0 fully saturated rings. The average molecular weight is 201 g/mol. The summed E-state index contributed by atoms with van der Waals surface area (Å²) in [6.45, 7) is -0.626. The first-order chi connectivity index (χ1) is 6.70. The SMILES string of the molecule is CNCC(O)c1cccc(F)c1CF. The molecule has 1 aromatic carbocycles. The molecule has 1 atom stereocenters. The molecule has 0 aliphatic carbocycles. The summed E-state index contributed by atoms with van der Waals surface area (Å²) in [6, 6.07) is 4.17. The number of alkyl halides is 1. The highest BCUT2D eigenvalue weighted by molar-refractivity contribution is 5.30. The lowest BCUT2D eigenvalue weighted by Gasteiger charge is -2.13. The third-order valence-electron chi connectivity index (χ3n) is 2.05. The summed E-state index contributed by atoms with van der Waals surface area (Å²) >= 11 is 0. The van der Waals surface area contributed by atoms with Crippen molar-refractivity contribution in [3.63, 3.8) is 0 Å². The summed E-state index contributed by atoms with van der Waals surface area (Å²) in [7, 11) is 1.66. The van der Waals surface area contributed by atoms with Crippen LogP contribution in [0, 0.1) is 5.82 Å². The van der Waals surface area contributed by atoms with Gasteiger partial charge in [0.25, 0.3) is 0 Å². The second-order valence-electron chi connectivity index (χ2n) is 3.01. The zero-order valence-corrected chi connectivity index (χ0v) is 7.93. The molecule has 0 aromatic heterocycles. The monoisotopic (exact) mass is 201 g/mol. The third kappa shape index (κ3) is 2.27. The van der Waals surface area contributed by atoms with Crippen LogP contribution < -0.4 is 5.32 Å². The Balaban J connectivity index is 3.00. The summed E-state index contributed by atoms with van der Waals surface area (Å²) < 4.78 is 25.6. The van der Waals surface area contributed by atoms with E-state index in [4.69, 9.17) is 0 Å². The Bertz CT molecular complexity index is 304. The molecule has 0 saturated heterocycles. The van der Waals surface area contributed by atoms with Crippen LogP contribution in [0.1, 0.15) is 17.2 Å². The standard InChI is InChI=1S/C10H13F2NO/c1-13-6-10(14)7-3-2-4-9(12)8(7)5-11/h2-4,10,13-14H,5-6H2,1H3. The number of rotatable bonds is 4. The highest BCUT2D eigenvalue weighted by Crippen LogP contribution is 2.21. The van der Waals surface area contributed by atoms with Crippen molar-refractivity contribution in [2.45, 2.75) is 12.8 Å². The van der Waals surface area contributed by atoms with E-state index < -0.39 is 18.6 Å². The maximum absolute atomic E-state index is 13.1. The van der Waals surface area contributed by atoms with Crippen LogP contribution in [0.3, 0.4) is 0 Å². The fourth-order valence-electron chi connectivity index (χ4n) is 1.33. The number of hydrogen-bond donors (Lipinski definition) is 2. The molecule has 1 aromatic rings. The summed E-state index contributed by atoms with van der Waals surface area (Å²) in [5.41, 5.74) is 0.247. The number of aliphatic hydroxyl groups is 1. The molecule has 1 unspecified atom stereocenters. The number of nitrogens with one attached hydrogen (secondary N) is 1. The maximum atomic E-state index is 13.1. The van der Waals surface area contributed by atoms with E-state index in [2.05, 4.69) is 5.32 Å². The average Bonchev–Trinajstić information content (AvgIpc) is 2.17. The summed E-state index contributed by atoms with van der Waals surface area (Å²) in [5.74, 6) is -0.611. The van der Waals surface area contributed by atoms with Gasteiger partial charge in [0.05, 0.1) is 6.10 Å². The largest absolute Gasteiger partial charge is 0.387 e. The molecule has 4 heteroatoms. The summed E-state index contributed by atoms with van der Waals surface area (Å²) in [5, 5.41) is 12.3. The van der Waals surface area contributed by atoms with Crippen molar-refractivity contribution in [2.24, 2.45) is 0 Å². The predicted molar refractivity (Wildman–Crippen MR) is 50.1 cm³/mol. The van der Waals surface area contributed by atoms with Gasteiger partial charge in [0.2, 0.25) is 0 Å². The number of benzene rings is 1. The van der Waals surface area contributed by atoms with Crippen molar-refractivity contribution in [2.75, 3.05) is 13.6 Å². The molecule has 0 aliphatic heterocycles. The van der Waals surface area contributed by atoms with Crippen molar-refractivity contribution < 1.29 is 13.9 Å². The Hall–Kier alpha value is -1.00. The van der Waals surface area contributed by atoms with Gasteiger partial charge in [0.1, 0.15) is 12.5 Å². The van der Waals surface area contributed by atoms with E-state index >= 15 is 0 Å². The second kappa shape index (κ2) is 5.02. The van der Waals surface area contributed by atoms with E-state index in [1.807, 2.05) is 0 Å². The van der Waals surface area contributed by atoms with Gasteiger partial charge in [-0.25, -0.2) is 8.78 Å². The normalized spacial score (nSPS) is 12.9. The number of likely N-dealkylation sites (N-methyl/N-ethyl adjacent to an activating group) is 1. The predicted octanol–water partition coefficient (Wildman–Crippen LogP) is 1.55. The first-order valence-electron chi connectivity index (χ1n) is 4.36. The van der Waals surface area contributed by atoms with Gasteiger partial charge in [-0.05, 0) is 18.7 Å². The Morgan fingerprint density at radius 1 is 1.50 bits per heavy atom. The number of halogens is 2. The van der Waals surface area contributed by atoms with Gasteiger partial charge in [0.15, 0.2) is 0 Å². The molecular formula is C10H13F2NO. The molecule has 0 spiro atoms. The molecule has 78 valence electrons. The van der Waals surface area contributed by atoms with Crippen molar-refractivity contribution >= 4 is 0 Å². The maximum Gasteiger partial charge on any atom is 0.129 e. The third-order valence-corrected chi connectivity index (χ3v) is 2.05. The minimum absolute atomic E-state index is 0.0600. The van der Waals surface area contributed by atoms with Gasteiger partial charge >= 0.3 is 0 Å². The van der Waals surface area contributed by atoms with Crippen LogP contribution in [0.5, 0.6) is 0 Å². The number of hydrogen-bond acceptors (Lipinski definition) is 2. The van der Waals surface area contributed by atoms with Crippen molar-refractivity contribution in [3.8, 4) is 0 Å². The van der Waals surface area contributed by atoms with Crippen LogP contribution in [0.25, 0.3) is 0 Å². The second-order valence-corrected chi connectivity index (χ2v) is 3.01. The Labute approximate surface area is 81.6 Å². The van der Waals surface area contributed by atoms with Gasteiger partial charge in [0, 0.05) is 12.1 Å². The Kier molecular flexibility index (Phi) is 3.98. The Morgan fingerprint density at radius 3 is 2.79 bits per heavy atom. The molecule has 0 amide bonds. The zero-order chi connectivity index (χ0) is 10.6. The first kappa shape index (κ1) is 11.1. The van der Waals surface area contributed by atoms with E-state index in [9.17, 15) is 13.9 Å². The fraction of sp³-hybridized carbons (Fsp3) is 0.400. The van der Waals surface area contributed by atoms with Gasteiger partial charge in [-0.15, -0.1) is 0 Å². The fourth-order valence-corrected chi connectivity index (χ4v) is 1.33. The lowest BCUT2D eigenvalue weighted by Crippen LogP contribution is -2.18. The van der Waals surface area contributed by atoms with Crippen LogP contribution in [0.2, 0.25) is 0 Å². The summed E-state index contributed by atoms with van der Waals surface area (Å²) in [6.07, 6.45) is -0.874. The Morgan fingerprint density at radius 2 is 2.21 bits per heavy atom. The summed E-state index contributed by atoms with van der Waals surface area (Å²) in [4.78, 5) is 0.